The van der Waals surface area contributed by atoms with Crippen molar-refractivity contribution in [2.24, 2.45) is 11.8 Å². The van der Waals surface area contributed by atoms with E-state index in [2.05, 4.69) is 13.8 Å². The highest BCUT2D eigenvalue weighted by Gasteiger charge is 2.27. The van der Waals surface area contributed by atoms with Gasteiger partial charge in [-0.2, -0.15) is 0 Å². The molecule has 0 fully saturated rings. The van der Waals surface area contributed by atoms with Gasteiger partial charge in [0.05, 0.1) is 33.9 Å². The van der Waals surface area contributed by atoms with E-state index < -0.39 is 38.6 Å². The molecule has 0 amide bonds. The third-order valence-corrected chi connectivity index (χ3v) is 12.4. The average Bonchev–Trinajstić information content (AvgIpc) is 3.57. The zero-order chi connectivity index (χ0) is 45.7. The molecule has 12 heteroatoms. The zero-order valence-electron chi connectivity index (χ0n) is 39.9. The number of phosphoric acid groups is 1. The smallest absolute Gasteiger partial charge is 0.306 e. The summed E-state index contributed by atoms with van der Waals surface area (Å²) in [5, 5.41) is 10.2. The van der Waals surface area contributed by atoms with Crippen LogP contribution in [0.1, 0.15) is 194 Å². The van der Waals surface area contributed by atoms with Crippen LogP contribution in [-0.4, -0.2) is 87.0 Å². The van der Waals surface area contributed by atoms with Gasteiger partial charge in [-0.15, -0.1) is 0 Å². The Morgan fingerprint density at radius 1 is 0.742 bits per heavy atom. The van der Waals surface area contributed by atoms with Crippen LogP contribution in [0.5, 0.6) is 0 Å². The Bertz CT molecular complexity index is 1290. The summed E-state index contributed by atoms with van der Waals surface area (Å²) in [7, 11) is 1.06. The van der Waals surface area contributed by atoms with E-state index in [1.165, 1.54) is 96.3 Å². The molecule has 1 N–H and O–H groups in total. The average molecular weight is 896 g/mol. The van der Waals surface area contributed by atoms with Crippen molar-refractivity contribution in [1.82, 2.24) is 0 Å². The maximum atomic E-state index is 12.8. The predicted octanol–water partition coefficient (Wildman–Crippen LogP) is 11.5. The molecule has 5 atom stereocenters. The maximum Gasteiger partial charge on any atom is 0.306 e. The van der Waals surface area contributed by atoms with Crippen molar-refractivity contribution in [2.75, 3.05) is 47.5 Å². The molecule has 0 aromatic heterocycles. The van der Waals surface area contributed by atoms with Crippen LogP contribution in [-0.2, 0) is 37.5 Å². The number of aliphatic hydroxyl groups excluding tert-OH is 1. The first kappa shape index (κ1) is 57.9. The lowest BCUT2D eigenvalue weighted by molar-refractivity contribution is -0.870. The third-order valence-electron chi connectivity index (χ3n) is 11.4. The first-order valence-corrected chi connectivity index (χ1v) is 26.2. The van der Waals surface area contributed by atoms with Crippen molar-refractivity contribution in [3.63, 3.8) is 0 Å². The van der Waals surface area contributed by atoms with E-state index in [1.54, 1.807) is 12.2 Å². The number of ether oxygens (including phenoxy) is 2. The number of allylic oxidation sites excluding steroid dienone is 5. The van der Waals surface area contributed by atoms with Gasteiger partial charge in [0.15, 0.2) is 11.9 Å². The number of nitrogens with zero attached hydrogens (tertiary/aromatic N) is 1. The minimum absolute atomic E-state index is 0.0285. The number of hydrogen-bond donors (Lipinski definition) is 1. The fraction of sp³-hybridized carbons (Fsp3) is 0.820. The second kappa shape index (κ2) is 37.1. The summed E-state index contributed by atoms with van der Waals surface area (Å²) in [6.45, 7) is 3.93. The molecular formula is C50H90NO10P. The largest absolute Gasteiger partial charge is 0.756 e. The van der Waals surface area contributed by atoms with Gasteiger partial charge in [0, 0.05) is 18.8 Å². The van der Waals surface area contributed by atoms with E-state index in [-0.39, 0.29) is 43.7 Å². The minimum Gasteiger partial charge on any atom is -0.756 e. The van der Waals surface area contributed by atoms with E-state index in [4.69, 9.17) is 18.5 Å². The number of phosphoric ester groups is 1. The summed E-state index contributed by atoms with van der Waals surface area (Å²) in [6.07, 6.45) is 39.4. The van der Waals surface area contributed by atoms with Gasteiger partial charge in [-0.05, 0) is 44.1 Å². The topological polar surface area (TPSA) is 148 Å². The van der Waals surface area contributed by atoms with Crippen molar-refractivity contribution in [3.8, 4) is 0 Å². The molecule has 0 aliphatic heterocycles. The highest BCUT2D eigenvalue weighted by Crippen LogP contribution is 2.38. The molecule has 62 heavy (non-hydrogen) atoms. The molecular weight excluding hydrogens is 806 g/mol. The molecule has 0 heterocycles. The predicted molar refractivity (Wildman–Crippen MR) is 249 cm³/mol. The van der Waals surface area contributed by atoms with E-state index in [9.17, 15) is 28.9 Å². The van der Waals surface area contributed by atoms with Crippen LogP contribution >= 0.6 is 7.82 Å². The normalized spacial score (nSPS) is 17.6. The second-order valence-corrected chi connectivity index (χ2v) is 19.9. The summed E-state index contributed by atoms with van der Waals surface area (Å²) >= 11 is 0. The summed E-state index contributed by atoms with van der Waals surface area (Å²) in [4.78, 5) is 50.2. The van der Waals surface area contributed by atoms with Gasteiger partial charge >= 0.3 is 11.9 Å². The quantitative estimate of drug-likeness (QED) is 0.0206. The number of aliphatic hydroxyl groups is 1. The number of esters is 2. The lowest BCUT2D eigenvalue weighted by atomic mass is 9.90. The number of carbonyl (C=O) groups excluding carboxylic acids is 3. The maximum absolute atomic E-state index is 12.8. The lowest BCUT2D eigenvalue weighted by Crippen LogP contribution is -2.37. The fourth-order valence-electron chi connectivity index (χ4n) is 7.41. The highest BCUT2D eigenvalue weighted by molar-refractivity contribution is 7.45. The van der Waals surface area contributed by atoms with Gasteiger partial charge in [-0.25, -0.2) is 0 Å². The summed E-state index contributed by atoms with van der Waals surface area (Å²) < 4.78 is 34.0. The minimum atomic E-state index is -4.68. The first-order valence-electron chi connectivity index (χ1n) is 24.8. The number of ketones is 1. The number of likely N-dealkylation sites (N-methyl/N-ethyl adjacent to an activating group) is 1. The molecule has 0 bridgehead atoms. The molecule has 0 radical (unpaired) electrons. The van der Waals surface area contributed by atoms with E-state index >= 15 is 0 Å². The second-order valence-electron chi connectivity index (χ2n) is 18.5. The van der Waals surface area contributed by atoms with Gasteiger partial charge in [-0.3, -0.25) is 18.9 Å². The number of quaternary nitrogens is 1. The van der Waals surface area contributed by atoms with Gasteiger partial charge in [-0.1, -0.05) is 179 Å². The Labute approximate surface area is 378 Å². The fourth-order valence-corrected chi connectivity index (χ4v) is 8.14. The van der Waals surface area contributed by atoms with Crippen molar-refractivity contribution < 1.29 is 52.0 Å². The van der Waals surface area contributed by atoms with Crippen molar-refractivity contribution >= 4 is 25.5 Å². The van der Waals surface area contributed by atoms with Gasteiger partial charge in [0.1, 0.15) is 19.8 Å². The molecule has 11 nitrogen and oxygen atoms in total. The van der Waals surface area contributed by atoms with Crippen molar-refractivity contribution in [3.05, 3.63) is 36.5 Å². The van der Waals surface area contributed by atoms with Crippen LogP contribution in [0.4, 0.5) is 0 Å². The Hall–Kier alpha value is -2.14. The van der Waals surface area contributed by atoms with Gasteiger partial charge in [0.25, 0.3) is 7.82 Å². The Kier molecular flexibility index (Phi) is 34.7. The van der Waals surface area contributed by atoms with Crippen LogP contribution in [0.15, 0.2) is 36.5 Å². The molecule has 0 saturated heterocycles. The number of carbonyl (C=O) groups is 3. The van der Waals surface area contributed by atoms with Crippen LogP contribution in [0.25, 0.3) is 0 Å². The number of unbranched alkanes of at least 4 members (excludes halogenated alkanes) is 21. The van der Waals surface area contributed by atoms with Gasteiger partial charge in [0.2, 0.25) is 0 Å². The molecule has 1 rings (SSSR count). The van der Waals surface area contributed by atoms with Crippen LogP contribution in [0, 0.1) is 11.8 Å². The number of rotatable bonds is 42. The van der Waals surface area contributed by atoms with E-state index in [1.807, 2.05) is 45.4 Å². The number of hydrogen-bond acceptors (Lipinski definition) is 10. The summed E-state index contributed by atoms with van der Waals surface area (Å²) in [5.41, 5.74) is 0. The third kappa shape index (κ3) is 34.3. The lowest BCUT2D eigenvalue weighted by Gasteiger charge is -2.28. The Morgan fingerprint density at radius 3 is 1.84 bits per heavy atom. The molecule has 1 unspecified atom stereocenters. The molecule has 1 aliphatic carbocycles. The Morgan fingerprint density at radius 2 is 1.27 bits per heavy atom. The summed E-state index contributed by atoms with van der Waals surface area (Å²) in [6, 6.07) is 0. The standard InChI is InChI=1S/C50H90NO10P/c1-6-8-10-11-12-13-14-15-16-17-18-19-20-21-22-23-24-25-31-35-50(55)61-46(43-60-62(56,57)59-41-40-51(3,4)5)42-58-49(54)34-30-27-26-29-32-44-36-39-48(53)47(44)38-37-45(52)33-28-9-7-2/h26,29,36-39,44-47,52H,6-25,27-28,30-35,40-43H2,1-5H3/b29-26-,38-37+/t44-,45-,46+,47+/m0/s1. The molecule has 0 aromatic rings. The van der Waals surface area contributed by atoms with Crippen LogP contribution < -0.4 is 4.89 Å². The SMILES string of the molecule is CCCCCCCCCCCCCCCCCCCCCC(=O)O[C@H](COC(=O)CCC/C=C\C[C@H]1C=CC(=O)[C@@H]1/C=C/[C@@H](O)CCCCC)COP(=O)([O-])OCC[N+](C)(C)C. The molecule has 0 spiro atoms. The van der Waals surface area contributed by atoms with E-state index in [0.717, 1.165) is 38.5 Å². The molecule has 0 saturated carbocycles. The zero-order valence-corrected chi connectivity index (χ0v) is 40.8. The molecule has 360 valence electrons. The summed E-state index contributed by atoms with van der Waals surface area (Å²) in [5.74, 6) is -1.18. The first-order chi connectivity index (χ1) is 29.8. The van der Waals surface area contributed by atoms with Crippen LogP contribution in [0.3, 0.4) is 0 Å². The van der Waals surface area contributed by atoms with Crippen molar-refractivity contribution in [1.29, 1.82) is 0 Å². The molecule has 0 aromatic carbocycles. The monoisotopic (exact) mass is 896 g/mol. The Balaban J connectivity index is 2.38. The van der Waals surface area contributed by atoms with Crippen molar-refractivity contribution in [2.45, 2.75) is 206 Å². The highest BCUT2D eigenvalue weighted by atomic mass is 31.2. The van der Waals surface area contributed by atoms with Gasteiger partial charge < -0.3 is 33.0 Å². The van der Waals surface area contributed by atoms with E-state index in [0.29, 0.717) is 43.1 Å². The molecule has 1 aliphatic rings. The van der Waals surface area contributed by atoms with Crippen LogP contribution in [0.2, 0.25) is 0 Å².